The highest BCUT2D eigenvalue weighted by Crippen LogP contribution is 2.57. The fraction of sp³-hybridized carbons (Fsp3) is 0.381. The molecule has 0 heterocycles. The van der Waals surface area contributed by atoms with Crippen molar-refractivity contribution in [3.63, 3.8) is 0 Å². The van der Waals surface area contributed by atoms with Crippen molar-refractivity contribution >= 4 is 27.5 Å². The van der Waals surface area contributed by atoms with E-state index in [0.717, 1.165) is 0 Å². The summed E-state index contributed by atoms with van der Waals surface area (Å²) in [5.74, 6) is -1.12. The lowest BCUT2D eigenvalue weighted by atomic mass is 10.1. The van der Waals surface area contributed by atoms with Crippen molar-refractivity contribution < 1.29 is 22.3 Å². The fourth-order valence-corrected chi connectivity index (χ4v) is 6.18. The van der Waals surface area contributed by atoms with Crippen LogP contribution in [0.1, 0.15) is 32.3 Å². The molecule has 0 aromatic heterocycles. The van der Waals surface area contributed by atoms with Crippen LogP contribution in [0.25, 0.3) is 0 Å². The van der Waals surface area contributed by atoms with Crippen molar-refractivity contribution in [2.24, 2.45) is 5.73 Å². The van der Waals surface area contributed by atoms with Gasteiger partial charge in [0.2, 0.25) is 0 Å². The Labute approximate surface area is 180 Å². The maximum atomic E-state index is 13.4. The minimum absolute atomic E-state index is 0.0605. The number of benzene rings is 2. The number of rotatable bonds is 5. The average molecular weight is 455 g/mol. The van der Waals surface area contributed by atoms with Crippen LogP contribution in [0.5, 0.6) is 0 Å². The number of nitrogens with two attached hydrogens (primary N) is 1. The summed E-state index contributed by atoms with van der Waals surface area (Å²) in [7, 11) is -3.90. The van der Waals surface area contributed by atoms with Crippen molar-refractivity contribution in [1.29, 1.82) is 0 Å². The first kappa shape index (κ1) is 22.5. The molecule has 1 saturated carbocycles. The van der Waals surface area contributed by atoms with Crippen LogP contribution in [0.4, 0.5) is 9.18 Å². The molecule has 162 valence electrons. The summed E-state index contributed by atoms with van der Waals surface area (Å²) in [6.07, 6.45) is -0.770. The van der Waals surface area contributed by atoms with Crippen molar-refractivity contribution in [2.45, 2.75) is 48.0 Å². The molecule has 3 rings (SSSR count). The number of halogens is 2. The largest absolute Gasteiger partial charge is 0.444 e. The van der Waals surface area contributed by atoms with Crippen LogP contribution in [0.2, 0.25) is 5.02 Å². The number of ether oxygens (including phenoxy) is 1. The first-order chi connectivity index (χ1) is 13.9. The Morgan fingerprint density at radius 3 is 2.23 bits per heavy atom. The third kappa shape index (κ3) is 4.31. The maximum Gasteiger partial charge on any atom is 0.408 e. The standard InChI is InChI=1S/C21H24ClFN2O4S/c1-20(2,3)29-19(26)25-21(12-24)17(13-4-8-15(23)9-5-13)18(21)30(27,28)16-10-6-14(22)7-11-16/h4-11,17-18H,12,24H2,1-3H3,(H,25,26)/t17-,18+,21+/m0/s1. The molecule has 3 atom stereocenters. The molecule has 2 aromatic carbocycles. The highest BCUT2D eigenvalue weighted by atomic mass is 35.5. The number of carbonyl (C=O) groups is 1. The Bertz CT molecular complexity index is 1040. The summed E-state index contributed by atoms with van der Waals surface area (Å²) in [5.41, 5.74) is 4.49. The molecule has 9 heteroatoms. The zero-order valence-corrected chi connectivity index (χ0v) is 18.4. The lowest BCUT2D eigenvalue weighted by Gasteiger charge is -2.24. The van der Waals surface area contributed by atoms with Crippen molar-refractivity contribution in [3.8, 4) is 0 Å². The molecule has 0 unspecified atom stereocenters. The van der Waals surface area contributed by atoms with Crippen molar-refractivity contribution in [3.05, 3.63) is 64.9 Å². The molecule has 1 fully saturated rings. The zero-order chi connectivity index (χ0) is 22.3. The van der Waals surface area contributed by atoms with E-state index < -0.39 is 44.1 Å². The summed E-state index contributed by atoms with van der Waals surface area (Å²) in [4.78, 5) is 12.6. The fourth-order valence-electron chi connectivity index (χ4n) is 3.71. The third-order valence-electron chi connectivity index (χ3n) is 5.03. The summed E-state index contributed by atoms with van der Waals surface area (Å²) < 4.78 is 45.6. The van der Waals surface area contributed by atoms with Gasteiger partial charge in [0.05, 0.1) is 10.4 Å². The monoisotopic (exact) mass is 454 g/mol. The normalized spacial score (nSPS) is 23.7. The van der Waals surface area contributed by atoms with Gasteiger partial charge in [0, 0.05) is 17.5 Å². The number of nitrogens with one attached hydrogen (secondary N) is 1. The smallest absolute Gasteiger partial charge is 0.408 e. The van der Waals surface area contributed by atoms with Crippen LogP contribution in [0.3, 0.4) is 0 Å². The van der Waals surface area contributed by atoms with E-state index in [4.69, 9.17) is 22.1 Å². The van der Waals surface area contributed by atoms with Gasteiger partial charge in [0.25, 0.3) is 0 Å². The Kier molecular flexibility index (Phi) is 5.88. The topological polar surface area (TPSA) is 98.5 Å². The van der Waals surface area contributed by atoms with Gasteiger partial charge in [-0.25, -0.2) is 17.6 Å². The van der Waals surface area contributed by atoms with Gasteiger partial charge in [-0.2, -0.15) is 0 Å². The van der Waals surface area contributed by atoms with E-state index in [9.17, 15) is 17.6 Å². The Morgan fingerprint density at radius 2 is 1.73 bits per heavy atom. The molecular formula is C21H24ClFN2O4S. The quantitative estimate of drug-likeness (QED) is 0.718. The van der Waals surface area contributed by atoms with E-state index in [2.05, 4.69) is 5.32 Å². The molecule has 2 aromatic rings. The molecule has 1 aliphatic rings. The molecule has 0 saturated heterocycles. The number of hydrogen-bond donors (Lipinski definition) is 2. The molecule has 0 bridgehead atoms. The van der Waals surface area contributed by atoms with E-state index >= 15 is 0 Å². The van der Waals surface area contributed by atoms with Crippen LogP contribution in [-0.2, 0) is 14.6 Å². The maximum absolute atomic E-state index is 13.4. The van der Waals surface area contributed by atoms with E-state index in [1.54, 1.807) is 20.8 Å². The highest BCUT2D eigenvalue weighted by Gasteiger charge is 2.71. The van der Waals surface area contributed by atoms with E-state index in [-0.39, 0.29) is 11.4 Å². The van der Waals surface area contributed by atoms with E-state index in [1.807, 2.05) is 0 Å². The summed E-state index contributed by atoms with van der Waals surface area (Å²) in [6.45, 7) is 4.96. The second-order valence-electron chi connectivity index (χ2n) is 8.32. The van der Waals surface area contributed by atoms with Gasteiger partial charge in [-0.1, -0.05) is 23.7 Å². The molecule has 3 N–H and O–H groups in total. The molecule has 30 heavy (non-hydrogen) atoms. The van der Waals surface area contributed by atoms with Crippen molar-refractivity contribution in [1.82, 2.24) is 5.32 Å². The number of amides is 1. The predicted molar refractivity (Wildman–Crippen MR) is 113 cm³/mol. The third-order valence-corrected chi connectivity index (χ3v) is 7.58. The van der Waals surface area contributed by atoms with Gasteiger partial charge < -0.3 is 15.8 Å². The van der Waals surface area contributed by atoms with E-state index in [0.29, 0.717) is 10.6 Å². The highest BCUT2D eigenvalue weighted by molar-refractivity contribution is 7.92. The Morgan fingerprint density at radius 1 is 1.17 bits per heavy atom. The minimum Gasteiger partial charge on any atom is -0.444 e. The molecular weight excluding hydrogens is 431 g/mol. The zero-order valence-electron chi connectivity index (χ0n) is 16.9. The molecule has 0 radical (unpaired) electrons. The second-order valence-corrected chi connectivity index (χ2v) is 10.8. The number of alkyl carbamates (subject to hydrolysis) is 1. The van der Waals surface area contributed by atoms with Crippen LogP contribution in [-0.4, -0.2) is 37.4 Å². The first-order valence-electron chi connectivity index (χ1n) is 9.37. The predicted octanol–water partition coefficient (Wildman–Crippen LogP) is 3.64. The average Bonchev–Trinajstić information content (AvgIpc) is 3.30. The summed E-state index contributed by atoms with van der Waals surface area (Å²) in [5, 5.41) is 2.04. The Hall–Kier alpha value is -2.16. The van der Waals surface area contributed by atoms with Gasteiger partial charge in [-0.15, -0.1) is 0 Å². The molecule has 6 nitrogen and oxygen atoms in total. The number of hydrogen-bond acceptors (Lipinski definition) is 5. The molecule has 1 amide bonds. The van der Waals surface area contributed by atoms with Crippen molar-refractivity contribution in [2.75, 3.05) is 6.54 Å². The van der Waals surface area contributed by atoms with Gasteiger partial charge in [0.1, 0.15) is 16.7 Å². The second kappa shape index (κ2) is 7.83. The van der Waals surface area contributed by atoms with Crippen LogP contribution >= 0.6 is 11.6 Å². The van der Waals surface area contributed by atoms with Gasteiger partial charge in [0.15, 0.2) is 9.84 Å². The SMILES string of the molecule is CC(C)(C)OC(=O)N[C@@]1(CN)[C@H](S(=O)(=O)c2ccc(Cl)cc2)[C@@H]1c1ccc(F)cc1. The molecule has 1 aliphatic carbocycles. The number of sulfone groups is 1. The van der Waals surface area contributed by atoms with E-state index in [1.165, 1.54) is 48.5 Å². The van der Waals surface area contributed by atoms with Crippen LogP contribution < -0.4 is 11.1 Å². The minimum atomic E-state index is -3.90. The van der Waals surface area contributed by atoms with Crippen LogP contribution in [0.15, 0.2) is 53.4 Å². The molecule has 0 aliphatic heterocycles. The van der Waals surface area contributed by atoms with Gasteiger partial charge in [-0.05, 0) is 62.7 Å². The summed E-state index contributed by atoms with van der Waals surface area (Å²) >= 11 is 5.89. The van der Waals surface area contributed by atoms with Crippen LogP contribution in [0, 0.1) is 5.82 Å². The van der Waals surface area contributed by atoms with Gasteiger partial charge in [-0.3, -0.25) is 0 Å². The lowest BCUT2D eigenvalue weighted by molar-refractivity contribution is 0.0497. The summed E-state index contributed by atoms with van der Waals surface area (Å²) in [6, 6.07) is 11.3. The van der Waals surface area contributed by atoms with Gasteiger partial charge >= 0.3 is 6.09 Å². The lowest BCUT2D eigenvalue weighted by Crippen LogP contribution is -2.49. The molecule has 0 spiro atoms. The first-order valence-corrected chi connectivity index (χ1v) is 11.3. The Balaban J connectivity index is 2.03. The number of carbonyl (C=O) groups excluding carboxylic acids is 1.